The smallest absolute Gasteiger partial charge is 0.341 e. The maximum absolute atomic E-state index is 15.0. The molecule has 0 bridgehead atoms. The fraction of sp³-hybridized carbons (Fsp3) is 0.478. The van der Waals surface area contributed by atoms with Gasteiger partial charge in [-0.1, -0.05) is 6.42 Å². The molecule has 2 aliphatic rings. The second-order valence-corrected chi connectivity index (χ2v) is 9.59. The van der Waals surface area contributed by atoms with Gasteiger partial charge in [0.25, 0.3) is 0 Å². The zero-order chi connectivity index (χ0) is 22.9. The topological polar surface area (TPSA) is 97.5 Å². The van der Waals surface area contributed by atoms with Crippen molar-refractivity contribution in [1.82, 2.24) is 14.5 Å². The monoisotopic (exact) mass is 472 g/mol. The highest BCUT2D eigenvalue weighted by Gasteiger charge is 2.31. The average Bonchev–Trinajstić information content (AvgIpc) is 3.31. The van der Waals surface area contributed by atoms with Crippen molar-refractivity contribution in [2.24, 2.45) is 5.92 Å². The summed E-state index contributed by atoms with van der Waals surface area (Å²) >= 11 is 1.28. The summed E-state index contributed by atoms with van der Waals surface area (Å²) < 4.78 is 22.2. The number of hydrogen-bond donors (Lipinski definition) is 1. The van der Waals surface area contributed by atoms with E-state index < -0.39 is 22.8 Å². The zero-order valence-corrected chi connectivity index (χ0v) is 18.9. The lowest BCUT2D eigenvalue weighted by Crippen LogP contribution is -2.47. The second-order valence-electron chi connectivity index (χ2n) is 8.72. The van der Waals surface area contributed by atoms with Gasteiger partial charge >= 0.3 is 5.97 Å². The number of pyridine rings is 2. The molecule has 1 atom stereocenters. The number of aromatic carboxylic acids is 1. The molecule has 1 N–H and O–H groups in total. The summed E-state index contributed by atoms with van der Waals surface area (Å²) in [6, 6.07) is 1.10. The number of carboxylic acid groups (broad SMARTS) is 1. The van der Waals surface area contributed by atoms with Crippen LogP contribution in [0.5, 0.6) is 0 Å². The van der Waals surface area contributed by atoms with Gasteiger partial charge in [-0.3, -0.25) is 9.36 Å². The van der Waals surface area contributed by atoms with Gasteiger partial charge in [0, 0.05) is 37.5 Å². The largest absolute Gasteiger partial charge is 0.477 e. The van der Waals surface area contributed by atoms with Crippen molar-refractivity contribution in [3.05, 3.63) is 45.4 Å². The molecule has 5 heterocycles. The van der Waals surface area contributed by atoms with Crippen LogP contribution in [0, 0.1) is 11.7 Å². The summed E-state index contributed by atoms with van der Waals surface area (Å²) in [7, 11) is 0. The molecule has 3 aromatic rings. The van der Waals surface area contributed by atoms with E-state index in [0.717, 1.165) is 44.8 Å². The van der Waals surface area contributed by atoms with Crippen LogP contribution in [-0.4, -0.2) is 51.4 Å². The fourth-order valence-corrected chi connectivity index (χ4v) is 5.28. The number of aromatic nitrogens is 3. The van der Waals surface area contributed by atoms with Gasteiger partial charge in [-0.15, -0.1) is 11.3 Å². The Kier molecular flexibility index (Phi) is 6.11. The Morgan fingerprint density at radius 1 is 1.30 bits per heavy atom. The van der Waals surface area contributed by atoms with E-state index in [1.807, 2.05) is 4.90 Å². The Labute approximate surface area is 193 Å². The molecule has 5 rings (SSSR count). The van der Waals surface area contributed by atoms with E-state index in [0.29, 0.717) is 30.2 Å². The van der Waals surface area contributed by atoms with Crippen LogP contribution in [0.25, 0.3) is 16.2 Å². The fourth-order valence-electron chi connectivity index (χ4n) is 4.66. The number of fused-ring (bicyclic) bond motifs is 1. The first-order chi connectivity index (χ1) is 16.0. The molecule has 33 heavy (non-hydrogen) atoms. The van der Waals surface area contributed by atoms with Crippen LogP contribution in [0.15, 0.2) is 28.6 Å². The average molecular weight is 473 g/mol. The summed E-state index contributed by atoms with van der Waals surface area (Å²) in [5.41, 5.74) is -0.999. The van der Waals surface area contributed by atoms with Crippen molar-refractivity contribution in [1.29, 1.82) is 0 Å². The Morgan fingerprint density at radius 2 is 2.15 bits per heavy atom. The van der Waals surface area contributed by atoms with Crippen LogP contribution < -0.4 is 10.3 Å². The molecule has 2 aliphatic heterocycles. The van der Waals surface area contributed by atoms with E-state index in [2.05, 4.69) is 9.97 Å². The minimum absolute atomic E-state index is 0.0732. The van der Waals surface area contributed by atoms with Crippen molar-refractivity contribution in [2.75, 3.05) is 24.6 Å². The summed E-state index contributed by atoms with van der Waals surface area (Å²) in [6.07, 6.45) is 9.96. The second kappa shape index (κ2) is 9.18. The van der Waals surface area contributed by atoms with Crippen molar-refractivity contribution in [2.45, 2.75) is 44.6 Å². The van der Waals surface area contributed by atoms with Crippen molar-refractivity contribution in [3.8, 4) is 5.13 Å². The van der Waals surface area contributed by atoms with Crippen LogP contribution in [0.2, 0.25) is 0 Å². The number of carboxylic acids is 1. The van der Waals surface area contributed by atoms with E-state index in [-0.39, 0.29) is 16.9 Å². The predicted molar refractivity (Wildman–Crippen MR) is 123 cm³/mol. The molecule has 174 valence electrons. The Morgan fingerprint density at radius 3 is 2.85 bits per heavy atom. The predicted octanol–water partition coefficient (Wildman–Crippen LogP) is 3.86. The molecule has 8 nitrogen and oxygen atoms in total. The highest BCUT2D eigenvalue weighted by molar-refractivity contribution is 7.12. The molecule has 2 fully saturated rings. The first-order valence-corrected chi connectivity index (χ1v) is 12.1. The highest BCUT2D eigenvalue weighted by Crippen LogP contribution is 2.31. The third kappa shape index (κ3) is 4.37. The molecule has 0 radical (unpaired) electrons. The maximum Gasteiger partial charge on any atom is 0.341 e. The number of carbonyl (C=O) groups is 1. The van der Waals surface area contributed by atoms with Crippen LogP contribution in [0.1, 0.15) is 48.9 Å². The standard InChI is InChI=1S/C23H25FN4O4S/c24-18-10-16-19(29)17(22(30)31)13-28(23-25-7-9-33-23)20(16)26-21(18)27-11-14(12-27)4-3-6-15-5-1-2-8-32-15/h7,9-10,13-15H,1-6,8,11-12H2,(H,30,31). The van der Waals surface area contributed by atoms with Gasteiger partial charge in [-0.05, 0) is 44.1 Å². The number of nitrogens with zero attached hydrogens (tertiary/aromatic N) is 4. The van der Waals surface area contributed by atoms with E-state index >= 15 is 0 Å². The first-order valence-electron chi connectivity index (χ1n) is 11.3. The number of hydrogen-bond acceptors (Lipinski definition) is 7. The van der Waals surface area contributed by atoms with E-state index in [1.165, 1.54) is 28.5 Å². The Bertz CT molecular complexity index is 1220. The quantitative estimate of drug-likeness (QED) is 0.558. The highest BCUT2D eigenvalue weighted by atomic mass is 32.1. The SMILES string of the molecule is O=C(O)c1cn(-c2nccs2)c2nc(N3CC(CCCC4CCCCO4)C3)c(F)cc2c1=O. The summed E-state index contributed by atoms with van der Waals surface area (Å²) in [5.74, 6) is -1.34. The van der Waals surface area contributed by atoms with Gasteiger partial charge in [0.15, 0.2) is 22.4 Å². The third-order valence-electron chi connectivity index (χ3n) is 6.44. The lowest BCUT2D eigenvalue weighted by atomic mass is 9.92. The minimum atomic E-state index is -1.37. The molecular weight excluding hydrogens is 447 g/mol. The van der Waals surface area contributed by atoms with Crippen LogP contribution in [-0.2, 0) is 4.74 Å². The van der Waals surface area contributed by atoms with Gasteiger partial charge in [0.05, 0.1) is 11.5 Å². The molecule has 0 saturated carbocycles. The molecule has 0 aliphatic carbocycles. The van der Waals surface area contributed by atoms with Crippen LogP contribution in [0.3, 0.4) is 0 Å². The molecule has 10 heteroatoms. The van der Waals surface area contributed by atoms with Gasteiger partial charge in [-0.2, -0.15) is 0 Å². The molecule has 0 aromatic carbocycles. The van der Waals surface area contributed by atoms with Crippen molar-refractivity contribution >= 4 is 34.2 Å². The number of rotatable bonds is 7. The van der Waals surface area contributed by atoms with Crippen LogP contribution in [0.4, 0.5) is 10.2 Å². The molecule has 0 amide bonds. The molecule has 2 saturated heterocycles. The van der Waals surface area contributed by atoms with Gasteiger partial charge in [0.2, 0.25) is 5.43 Å². The van der Waals surface area contributed by atoms with E-state index in [4.69, 9.17) is 4.74 Å². The van der Waals surface area contributed by atoms with Gasteiger partial charge in [-0.25, -0.2) is 19.2 Å². The number of ether oxygens (including phenoxy) is 1. The zero-order valence-electron chi connectivity index (χ0n) is 18.1. The van der Waals surface area contributed by atoms with Gasteiger partial charge in [0.1, 0.15) is 5.56 Å². The summed E-state index contributed by atoms with van der Waals surface area (Å²) in [5, 5.41) is 11.6. The van der Waals surface area contributed by atoms with Crippen LogP contribution >= 0.6 is 11.3 Å². The molecular formula is C23H25FN4O4S. The van der Waals surface area contributed by atoms with E-state index in [9.17, 15) is 19.1 Å². The first kappa shape index (κ1) is 22.0. The maximum atomic E-state index is 15.0. The number of halogens is 1. The summed E-state index contributed by atoms with van der Waals surface area (Å²) in [6.45, 7) is 2.28. The molecule has 3 aromatic heterocycles. The number of anilines is 1. The third-order valence-corrected chi connectivity index (χ3v) is 7.21. The summed E-state index contributed by atoms with van der Waals surface area (Å²) in [4.78, 5) is 34.8. The van der Waals surface area contributed by atoms with Gasteiger partial charge < -0.3 is 14.7 Å². The van der Waals surface area contributed by atoms with E-state index in [1.54, 1.807) is 11.6 Å². The lowest BCUT2D eigenvalue weighted by Gasteiger charge is -2.40. The van der Waals surface area contributed by atoms with Crippen molar-refractivity contribution < 1.29 is 19.0 Å². The molecule has 1 unspecified atom stereocenters. The Hall–Kier alpha value is -2.85. The van der Waals surface area contributed by atoms with Crippen molar-refractivity contribution in [3.63, 3.8) is 0 Å². The molecule has 0 spiro atoms. The Balaban J connectivity index is 1.36. The number of thiazole rings is 1. The minimum Gasteiger partial charge on any atom is -0.477 e. The lowest BCUT2D eigenvalue weighted by molar-refractivity contribution is 0.00904. The normalized spacial score (nSPS) is 19.1.